The average Bonchev–Trinajstić information content (AvgIpc) is 2.83. The molecule has 14 heavy (non-hydrogen) atoms. The van der Waals surface area contributed by atoms with Crippen LogP contribution in [-0.4, -0.2) is 16.1 Å². The first-order valence-electron chi connectivity index (χ1n) is 4.71. The summed E-state index contributed by atoms with van der Waals surface area (Å²) in [7, 11) is 0. The topological polar surface area (TPSA) is 63.3 Å². The van der Waals surface area contributed by atoms with E-state index in [1.54, 1.807) is 13.8 Å². The molecular weight excluding hydrogens is 182 g/mol. The molecule has 1 aliphatic carbocycles. The molecule has 1 aromatic rings. The molecule has 0 atom stereocenters. The van der Waals surface area contributed by atoms with Crippen molar-refractivity contribution in [2.45, 2.75) is 38.0 Å². The number of aliphatic carboxylic acids is 1. The second-order valence-electron chi connectivity index (χ2n) is 4.28. The van der Waals surface area contributed by atoms with Crippen molar-refractivity contribution >= 4 is 5.97 Å². The van der Waals surface area contributed by atoms with Gasteiger partial charge in [0, 0.05) is 5.92 Å². The number of hydrogen-bond acceptors (Lipinski definition) is 3. The molecule has 0 unspecified atom stereocenters. The first-order valence-corrected chi connectivity index (χ1v) is 4.71. The lowest BCUT2D eigenvalue weighted by Crippen LogP contribution is -2.28. The van der Waals surface area contributed by atoms with Gasteiger partial charge in [-0.25, -0.2) is 4.98 Å². The Balaban J connectivity index is 2.27. The van der Waals surface area contributed by atoms with Crippen LogP contribution in [0.1, 0.15) is 44.2 Å². The summed E-state index contributed by atoms with van der Waals surface area (Å²) in [6.07, 6.45) is 3.67. The van der Waals surface area contributed by atoms with Gasteiger partial charge in [-0.2, -0.15) is 0 Å². The van der Waals surface area contributed by atoms with Gasteiger partial charge in [0.15, 0.2) is 5.89 Å². The number of hydrogen-bond donors (Lipinski definition) is 1. The summed E-state index contributed by atoms with van der Waals surface area (Å²) in [4.78, 5) is 15.2. The molecule has 1 saturated carbocycles. The first kappa shape index (κ1) is 9.24. The Labute approximate surface area is 81.9 Å². The molecular formula is C10H13NO3. The van der Waals surface area contributed by atoms with Gasteiger partial charge in [0.1, 0.15) is 11.7 Å². The molecule has 1 aliphatic rings. The van der Waals surface area contributed by atoms with Gasteiger partial charge in [-0.05, 0) is 26.7 Å². The lowest BCUT2D eigenvalue weighted by molar-refractivity contribution is -0.142. The van der Waals surface area contributed by atoms with Gasteiger partial charge >= 0.3 is 5.97 Å². The molecule has 0 bridgehead atoms. The Morgan fingerprint density at radius 1 is 1.64 bits per heavy atom. The lowest BCUT2D eigenvalue weighted by atomic mass is 9.90. The summed E-state index contributed by atoms with van der Waals surface area (Å²) in [6, 6.07) is 0. The van der Waals surface area contributed by atoms with Gasteiger partial charge in [0.05, 0.1) is 5.69 Å². The smallest absolute Gasteiger partial charge is 0.315 e. The Bertz CT molecular complexity index is 363. The third-order valence-electron chi connectivity index (χ3n) is 2.62. The van der Waals surface area contributed by atoms with Crippen LogP contribution >= 0.6 is 0 Å². The third-order valence-corrected chi connectivity index (χ3v) is 2.62. The van der Waals surface area contributed by atoms with E-state index in [9.17, 15) is 4.79 Å². The van der Waals surface area contributed by atoms with Crippen LogP contribution in [0.25, 0.3) is 0 Å². The highest BCUT2D eigenvalue weighted by molar-refractivity contribution is 5.79. The van der Waals surface area contributed by atoms with Crippen molar-refractivity contribution in [3.63, 3.8) is 0 Å². The molecule has 2 rings (SSSR count). The number of oxazole rings is 1. The average molecular weight is 195 g/mol. The zero-order valence-electron chi connectivity index (χ0n) is 8.28. The molecule has 0 radical (unpaired) electrons. The lowest BCUT2D eigenvalue weighted by Gasteiger charge is -2.14. The van der Waals surface area contributed by atoms with Crippen molar-refractivity contribution < 1.29 is 14.3 Å². The van der Waals surface area contributed by atoms with Crippen LogP contribution in [0.15, 0.2) is 10.7 Å². The van der Waals surface area contributed by atoms with Gasteiger partial charge in [0.2, 0.25) is 0 Å². The molecule has 4 nitrogen and oxygen atoms in total. The number of carboxylic acids is 1. The molecule has 0 saturated heterocycles. The Hall–Kier alpha value is -1.32. The minimum atomic E-state index is -0.962. The van der Waals surface area contributed by atoms with E-state index in [4.69, 9.17) is 9.52 Å². The van der Waals surface area contributed by atoms with Crippen molar-refractivity contribution in [3.05, 3.63) is 17.8 Å². The van der Waals surface area contributed by atoms with Crippen molar-refractivity contribution in [3.8, 4) is 0 Å². The highest BCUT2D eigenvalue weighted by Crippen LogP contribution is 2.40. The summed E-state index contributed by atoms with van der Waals surface area (Å²) in [6.45, 7) is 3.26. The molecule has 1 aromatic heterocycles. The number of carbonyl (C=O) groups is 1. The molecule has 1 N–H and O–H groups in total. The summed E-state index contributed by atoms with van der Waals surface area (Å²) in [5.41, 5.74) is -0.455. The molecule has 0 aromatic carbocycles. The van der Waals surface area contributed by atoms with Crippen LogP contribution in [0.3, 0.4) is 0 Å². The Kier molecular flexibility index (Phi) is 1.87. The maximum absolute atomic E-state index is 10.9. The van der Waals surface area contributed by atoms with Crippen LogP contribution in [0, 0.1) is 0 Å². The second kappa shape index (κ2) is 2.83. The fraction of sp³-hybridized carbons (Fsp3) is 0.600. The largest absolute Gasteiger partial charge is 0.481 e. The number of aromatic nitrogens is 1. The monoisotopic (exact) mass is 195 g/mol. The van der Waals surface area contributed by atoms with E-state index in [2.05, 4.69) is 4.98 Å². The van der Waals surface area contributed by atoms with Crippen LogP contribution in [-0.2, 0) is 10.2 Å². The van der Waals surface area contributed by atoms with Crippen LogP contribution < -0.4 is 0 Å². The Morgan fingerprint density at radius 2 is 2.29 bits per heavy atom. The molecule has 4 heteroatoms. The van der Waals surface area contributed by atoms with Crippen LogP contribution in [0.5, 0.6) is 0 Å². The quantitative estimate of drug-likeness (QED) is 0.800. The predicted octanol–water partition coefficient (Wildman–Crippen LogP) is 1.91. The number of carboxylic acid groups (broad SMARTS) is 1. The SMILES string of the molecule is CC(C)(C(=O)O)c1coc(C2CC2)n1. The number of rotatable bonds is 3. The zero-order valence-corrected chi connectivity index (χ0v) is 8.28. The van der Waals surface area contributed by atoms with E-state index in [-0.39, 0.29) is 0 Å². The molecule has 0 amide bonds. The van der Waals surface area contributed by atoms with E-state index in [0.29, 0.717) is 17.5 Å². The highest BCUT2D eigenvalue weighted by Gasteiger charge is 2.35. The third kappa shape index (κ3) is 1.41. The summed E-state index contributed by atoms with van der Waals surface area (Å²) in [5.74, 6) is 0.232. The number of nitrogens with zero attached hydrogens (tertiary/aromatic N) is 1. The maximum Gasteiger partial charge on any atom is 0.315 e. The second-order valence-corrected chi connectivity index (χ2v) is 4.28. The zero-order chi connectivity index (χ0) is 10.3. The standard InChI is InChI=1S/C10H13NO3/c1-10(2,9(12)13)7-5-14-8(11-7)6-3-4-6/h5-6H,3-4H2,1-2H3,(H,12,13). The van der Waals surface area contributed by atoms with Crippen LogP contribution in [0.2, 0.25) is 0 Å². The molecule has 0 aliphatic heterocycles. The van der Waals surface area contributed by atoms with Gasteiger partial charge in [-0.1, -0.05) is 0 Å². The van der Waals surface area contributed by atoms with Gasteiger partial charge in [-0.15, -0.1) is 0 Å². The van der Waals surface area contributed by atoms with E-state index >= 15 is 0 Å². The molecule has 76 valence electrons. The minimum absolute atomic E-state index is 0.424. The van der Waals surface area contributed by atoms with Crippen molar-refractivity contribution in [2.75, 3.05) is 0 Å². The van der Waals surface area contributed by atoms with Crippen molar-refractivity contribution in [1.29, 1.82) is 0 Å². The van der Waals surface area contributed by atoms with E-state index < -0.39 is 11.4 Å². The minimum Gasteiger partial charge on any atom is -0.481 e. The molecule has 0 spiro atoms. The van der Waals surface area contributed by atoms with Gasteiger partial charge in [-0.3, -0.25) is 4.79 Å². The maximum atomic E-state index is 10.9. The van der Waals surface area contributed by atoms with E-state index in [1.165, 1.54) is 6.26 Å². The highest BCUT2D eigenvalue weighted by atomic mass is 16.4. The van der Waals surface area contributed by atoms with E-state index in [1.807, 2.05) is 0 Å². The normalized spacial score (nSPS) is 17.0. The fourth-order valence-corrected chi connectivity index (χ4v) is 1.20. The van der Waals surface area contributed by atoms with Crippen LogP contribution in [0.4, 0.5) is 0 Å². The summed E-state index contributed by atoms with van der Waals surface area (Å²) >= 11 is 0. The molecule has 1 heterocycles. The molecule has 1 fully saturated rings. The fourth-order valence-electron chi connectivity index (χ4n) is 1.20. The summed E-state index contributed by atoms with van der Waals surface area (Å²) < 4.78 is 5.25. The predicted molar refractivity (Wildman–Crippen MR) is 49.1 cm³/mol. The Morgan fingerprint density at radius 3 is 2.79 bits per heavy atom. The van der Waals surface area contributed by atoms with Gasteiger partial charge in [0.25, 0.3) is 0 Å². The van der Waals surface area contributed by atoms with E-state index in [0.717, 1.165) is 12.8 Å². The first-order chi connectivity index (χ1) is 6.51. The van der Waals surface area contributed by atoms with Crippen molar-refractivity contribution in [1.82, 2.24) is 4.98 Å². The van der Waals surface area contributed by atoms with Gasteiger partial charge < -0.3 is 9.52 Å². The summed E-state index contributed by atoms with van der Waals surface area (Å²) in [5, 5.41) is 8.98. The van der Waals surface area contributed by atoms with Crippen molar-refractivity contribution in [2.24, 2.45) is 0 Å².